The predicted octanol–water partition coefficient (Wildman–Crippen LogP) is 6.34. The molecule has 2 aromatic rings. The van der Waals surface area contributed by atoms with Gasteiger partial charge in [0.2, 0.25) is 23.6 Å². The van der Waals surface area contributed by atoms with Gasteiger partial charge in [-0.25, -0.2) is 4.79 Å². The number of carbonyl (C=O) groups excluding carboxylic acids is 8. The van der Waals surface area contributed by atoms with Crippen LogP contribution < -0.4 is 27.4 Å². The number of carbonyl (C=O) groups is 8. The van der Waals surface area contributed by atoms with Crippen LogP contribution in [0, 0.1) is 47.3 Å². The lowest BCUT2D eigenvalue weighted by molar-refractivity contribution is -0.149. The number of rotatable bonds is 42. The molecule has 89 heavy (non-hydrogen) atoms. The lowest BCUT2D eigenvalue weighted by Crippen LogP contribution is -2.54. The van der Waals surface area contributed by atoms with Gasteiger partial charge in [0.05, 0.1) is 42.8 Å². The molecule has 22 nitrogen and oxygen atoms in total. The fourth-order valence-corrected chi connectivity index (χ4v) is 12.3. The number of benzene rings is 2. The van der Waals surface area contributed by atoms with Gasteiger partial charge in [0, 0.05) is 89.9 Å². The second-order valence-electron chi connectivity index (χ2n) is 25.5. The number of ether oxygens (including phenoxy) is 3. The first-order valence-corrected chi connectivity index (χ1v) is 32.2. The Morgan fingerprint density at radius 2 is 1.40 bits per heavy atom. The van der Waals surface area contributed by atoms with E-state index in [4.69, 9.17) is 25.7 Å². The third kappa shape index (κ3) is 24.8. The number of nitrogens with two attached hydrogens (primary N) is 2. The molecule has 12 atom stereocenters. The summed E-state index contributed by atoms with van der Waals surface area (Å²) in [6.07, 6.45) is -0.203. The van der Waals surface area contributed by atoms with Gasteiger partial charge in [-0.1, -0.05) is 118 Å². The number of anilines is 1. The van der Waals surface area contributed by atoms with Crippen molar-refractivity contribution in [1.82, 2.24) is 25.3 Å². The fraction of sp³-hybridized carbons (Fsp3) is 0.701. The van der Waals surface area contributed by atoms with Crippen LogP contribution in [0.2, 0.25) is 0 Å². The topological polar surface area (TPSA) is 323 Å². The van der Waals surface area contributed by atoms with Crippen LogP contribution in [0.25, 0.3) is 0 Å². The molecule has 0 radical (unpaired) electrons. The van der Waals surface area contributed by atoms with E-state index in [1.54, 1.807) is 48.0 Å². The van der Waals surface area contributed by atoms with Gasteiger partial charge in [0.25, 0.3) is 0 Å². The van der Waals surface area contributed by atoms with Crippen LogP contribution in [0.1, 0.15) is 157 Å². The van der Waals surface area contributed by atoms with Gasteiger partial charge < -0.3 is 60.6 Å². The summed E-state index contributed by atoms with van der Waals surface area (Å²) in [7, 11) is 6.19. The van der Waals surface area contributed by atoms with E-state index in [2.05, 4.69) is 16.0 Å². The Hall–Kier alpha value is -5.72. The summed E-state index contributed by atoms with van der Waals surface area (Å²) < 4.78 is 17.8. The van der Waals surface area contributed by atoms with Crippen molar-refractivity contribution in [1.29, 1.82) is 0 Å². The molecule has 1 unspecified atom stereocenters. The molecule has 5 amide bonds. The summed E-state index contributed by atoms with van der Waals surface area (Å²) in [4.78, 5) is 116. The number of unbranched alkanes of at least 4 members (excludes halogenated alkanes) is 2. The predicted molar refractivity (Wildman–Crippen MR) is 342 cm³/mol. The minimum absolute atomic E-state index is 0.0750. The number of Topliss-reactive ketones (excluding diaryl/α,β-unsaturated/α-hetero) is 3. The Balaban J connectivity index is 1.71. The molecule has 0 bridgehead atoms. The number of ketones is 3. The van der Waals surface area contributed by atoms with Crippen molar-refractivity contribution in [3.63, 3.8) is 0 Å². The van der Waals surface area contributed by atoms with E-state index in [0.29, 0.717) is 69.4 Å². The quantitative estimate of drug-likeness (QED) is 0.0266. The number of amides is 5. The third-order valence-corrected chi connectivity index (χ3v) is 17.7. The van der Waals surface area contributed by atoms with E-state index in [9.17, 15) is 53.7 Å². The molecule has 1 fully saturated rings. The second kappa shape index (κ2) is 39.5. The van der Waals surface area contributed by atoms with Gasteiger partial charge in [-0.05, 0) is 105 Å². The zero-order valence-electron chi connectivity index (χ0n) is 55.5. The van der Waals surface area contributed by atoms with Gasteiger partial charge in [-0.15, -0.1) is 0 Å². The number of aliphatic hydroxyl groups is 3. The molecular formula is C67H110N8O14. The summed E-state index contributed by atoms with van der Waals surface area (Å²) in [5.41, 5.74) is 12.9. The van der Waals surface area contributed by atoms with E-state index in [0.717, 1.165) is 18.4 Å². The zero-order chi connectivity index (χ0) is 66.7. The van der Waals surface area contributed by atoms with Gasteiger partial charge in [0.1, 0.15) is 12.4 Å². The van der Waals surface area contributed by atoms with E-state index >= 15 is 0 Å². The van der Waals surface area contributed by atoms with Crippen molar-refractivity contribution >= 4 is 52.8 Å². The van der Waals surface area contributed by atoms with Crippen LogP contribution >= 0.6 is 0 Å². The van der Waals surface area contributed by atoms with Crippen molar-refractivity contribution in [2.24, 2.45) is 58.8 Å². The molecule has 0 saturated carbocycles. The van der Waals surface area contributed by atoms with Crippen molar-refractivity contribution in [3.8, 4) is 0 Å². The maximum absolute atomic E-state index is 14.9. The highest BCUT2D eigenvalue weighted by Crippen LogP contribution is 2.33. The number of aliphatic hydroxyl groups excluding tert-OH is 2. The molecular weight excluding hydrogens is 1140 g/mol. The molecule has 0 aromatic heterocycles. The summed E-state index contributed by atoms with van der Waals surface area (Å²) >= 11 is 0. The fourth-order valence-electron chi connectivity index (χ4n) is 12.3. The van der Waals surface area contributed by atoms with E-state index in [1.165, 1.54) is 26.2 Å². The SMILES string of the molecule is CC[C@H](C)[C@@H]([C@@H](CC(=O)N1CCC[C@H]1[C@H](OC)C(C)C(=O)C[C@@H](Cc1ccccc1)C(O)O)OC)N(C)C(=O)[C@@H](CC(=O)[C@H](C(C)C)N(C)C(=O)OCc1ccc(NC(=O)[C@H](CCCN[C@H](N)O)CC(=O)[C@@H](NC(=O)CCCCCN)C(C)C)cc1)C(C)C. The highest BCUT2D eigenvalue weighted by atomic mass is 16.6. The van der Waals surface area contributed by atoms with Crippen LogP contribution in [0.5, 0.6) is 0 Å². The van der Waals surface area contributed by atoms with Crippen LogP contribution in [-0.2, 0) is 60.8 Å². The van der Waals surface area contributed by atoms with Crippen molar-refractivity contribution in [2.45, 2.75) is 208 Å². The average Bonchev–Trinajstić information content (AvgIpc) is 2.09. The summed E-state index contributed by atoms with van der Waals surface area (Å²) in [5, 5.41) is 38.5. The van der Waals surface area contributed by atoms with E-state index in [-0.39, 0.29) is 104 Å². The molecule has 502 valence electrons. The van der Waals surface area contributed by atoms with E-state index < -0.39 is 84.7 Å². The lowest BCUT2D eigenvalue weighted by atomic mass is 9.83. The molecule has 1 aliphatic heterocycles. The Labute approximate surface area is 529 Å². The highest BCUT2D eigenvalue weighted by molar-refractivity contribution is 5.97. The lowest BCUT2D eigenvalue weighted by Gasteiger charge is -2.41. The summed E-state index contributed by atoms with van der Waals surface area (Å²) in [6, 6.07) is 13.2. The normalized spacial score (nSPS) is 17.2. The number of hydrogen-bond acceptors (Lipinski definition) is 17. The van der Waals surface area contributed by atoms with Crippen LogP contribution in [-0.4, -0.2) is 174 Å². The monoisotopic (exact) mass is 1250 g/mol. The second-order valence-corrected chi connectivity index (χ2v) is 25.5. The van der Waals surface area contributed by atoms with Crippen molar-refractivity contribution in [2.75, 3.05) is 53.3 Å². The van der Waals surface area contributed by atoms with Crippen LogP contribution in [0.15, 0.2) is 54.6 Å². The number of methoxy groups -OCH3 is 2. The Kier molecular flexibility index (Phi) is 34.4. The standard InChI is InChI=1S/C67H110N8O14/c1-14-44(8)61(56(87-12)39-58(80)75-34-22-26-52(75)62(88-13)45(9)53(76)37-49(65(83)84)35-46-23-17-15-18-24-46)73(10)64(82)51(41(2)3)38-55(78)60(43(6)7)74(11)67(86)89-40-47-28-30-50(31-29-47)71-63(81)48(25-21-33-70-66(69)85)36-54(77)59(42(4)5)72-57(79)27-19-16-20-32-68/h15,17-18,23-24,28-31,41-45,48-49,51-52,56,59-62,65-66,70,83-85H,14,16,19-22,25-27,32-40,68-69H2,1-13H3,(H,71,81)(H,72,79)/t44-,45?,48+,49+,51-,52-,56+,59-,60-,61-,62+,66-/m0/s1. The first-order chi connectivity index (χ1) is 42.1. The Morgan fingerprint density at radius 1 is 0.742 bits per heavy atom. The highest BCUT2D eigenvalue weighted by Gasteiger charge is 2.44. The number of nitrogens with zero attached hydrogens (tertiary/aromatic N) is 3. The molecule has 0 spiro atoms. The molecule has 1 heterocycles. The maximum atomic E-state index is 14.9. The number of hydrogen-bond donors (Lipinski definition) is 8. The van der Waals surface area contributed by atoms with Gasteiger partial charge in [-0.3, -0.25) is 44.6 Å². The molecule has 1 aliphatic rings. The average molecular weight is 1250 g/mol. The maximum Gasteiger partial charge on any atom is 0.410 e. The minimum atomic E-state index is -1.71. The molecule has 0 aliphatic carbocycles. The van der Waals surface area contributed by atoms with Gasteiger partial charge in [-0.2, -0.15) is 0 Å². The smallest absolute Gasteiger partial charge is 0.410 e. The van der Waals surface area contributed by atoms with Gasteiger partial charge in [0.15, 0.2) is 24.2 Å². The number of likely N-dealkylation sites (N-methyl/N-ethyl adjacent to an activating group) is 2. The Morgan fingerprint density at radius 3 is 1.97 bits per heavy atom. The largest absolute Gasteiger partial charge is 0.445 e. The van der Waals surface area contributed by atoms with E-state index in [1.807, 2.05) is 85.7 Å². The summed E-state index contributed by atoms with van der Waals surface area (Å²) in [5.74, 6) is -6.02. The molecule has 10 N–H and O–H groups in total. The first kappa shape index (κ1) is 77.5. The molecule has 3 rings (SSSR count). The van der Waals surface area contributed by atoms with Crippen LogP contribution in [0.4, 0.5) is 10.5 Å². The van der Waals surface area contributed by atoms with Crippen LogP contribution in [0.3, 0.4) is 0 Å². The van der Waals surface area contributed by atoms with Crippen molar-refractivity contribution in [3.05, 3.63) is 65.7 Å². The summed E-state index contributed by atoms with van der Waals surface area (Å²) in [6.45, 7) is 17.9. The first-order valence-electron chi connectivity index (χ1n) is 32.2. The molecule has 1 saturated heterocycles. The zero-order valence-corrected chi connectivity index (χ0v) is 55.5. The van der Waals surface area contributed by atoms with Gasteiger partial charge >= 0.3 is 6.09 Å². The molecule has 22 heteroatoms. The third-order valence-electron chi connectivity index (χ3n) is 17.7. The number of likely N-dealkylation sites (tertiary alicyclic amines) is 1. The minimum Gasteiger partial charge on any atom is -0.445 e. The Bertz CT molecular complexity index is 2500. The number of nitrogens with one attached hydrogen (secondary N) is 3. The van der Waals surface area contributed by atoms with Crippen molar-refractivity contribution < 1.29 is 67.9 Å². The molecule has 2 aromatic carbocycles.